The van der Waals surface area contributed by atoms with Gasteiger partial charge in [-0.3, -0.25) is 14.0 Å². The molecule has 0 radical (unpaired) electrons. The molecule has 0 aliphatic rings. The van der Waals surface area contributed by atoms with Gasteiger partial charge in [-0.1, -0.05) is 46.0 Å². The molecule has 0 amide bonds. The number of nitrogens with one attached hydrogen (secondary N) is 1. The van der Waals surface area contributed by atoms with Crippen LogP contribution in [0, 0.1) is 0 Å². The molecule has 0 aliphatic carbocycles. The van der Waals surface area contributed by atoms with Gasteiger partial charge < -0.3 is 5.32 Å². The van der Waals surface area contributed by atoms with E-state index < -0.39 is 0 Å². The molecule has 2 aromatic carbocycles. The van der Waals surface area contributed by atoms with E-state index in [1.54, 1.807) is 17.1 Å². The highest BCUT2D eigenvalue weighted by Crippen LogP contribution is 2.30. The molecular formula is C28H26N7O+. The van der Waals surface area contributed by atoms with Crippen LogP contribution < -0.4 is 15.4 Å². The van der Waals surface area contributed by atoms with Crippen LogP contribution >= 0.6 is 0 Å². The van der Waals surface area contributed by atoms with E-state index in [4.69, 9.17) is 0 Å². The van der Waals surface area contributed by atoms with Gasteiger partial charge in [0.25, 0.3) is 5.56 Å². The Balaban J connectivity index is 1.57. The number of aryl methyl sites for hydroxylation is 2. The van der Waals surface area contributed by atoms with E-state index in [0.29, 0.717) is 5.39 Å². The summed E-state index contributed by atoms with van der Waals surface area (Å²) < 4.78 is 7.44. The maximum atomic E-state index is 14.2. The number of para-hydroxylation sites is 1. The zero-order valence-corrected chi connectivity index (χ0v) is 20.3. The smallest absolute Gasteiger partial charge is 0.310 e. The summed E-state index contributed by atoms with van der Waals surface area (Å²) in [5, 5.41) is 13.9. The molecule has 0 bridgehead atoms. The number of benzene rings is 2. The van der Waals surface area contributed by atoms with Crippen molar-refractivity contribution in [1.29, 1.82) is 0 Å². The Morgan fingerprint density at radius 2 is 1.83 bits per heavy atom. The lowest BCUT2D eigenvalue weighted by atomic mass is 9.99. The monoisotopic (exact) mass is 476 g/mol. The van der Waals surface area contributed by atoms with Gasteiger partial charge in [-0.15, -0.1) is 0 Å². The second-order valence-corrected chi connectivity index (χ2v) is 9.00. The second-order valence-electron chi connectivity index (χ2n) is 9.00. The van der Waals surface area contributed by atoms with Gasteiger partial charge in [0, 0.05) is 36.3 Å². The molecule has 0 saturated carbocycles. The lowest BCUT2D eigenvalue weighted by Gasteiger charge is -2.21. The van der Waals surface area contributed by atoms with Gasteiger partial charge in [0.1, 0.15) is 0 Å². The van der Waals surface area contributed by atoms with Crippen LogP contribution in [0.5, 0.6) is 0 Å². The topological polar surface area (TPSA) is 73.0 Å². The Hall–Kier alpha value is -4.72. The molecular weight excluding hydrogens is 450 g/mol. The molecule has 0 aliphatic heterocycles. The highest BCUT2D eigenvalue weighted by atomic mass is 16.1. The van der Waals surface area contributed by atoms with Crippen molar-refractivity contribution >= 4 is 22.2 Å². The third-order valence-electron chi connectivity index (χ3n) is 6.58. The number of aromatic nitrogens is 6. The van der Waals surface area contributed by atoms with Gasteiger partial charge in [0.2, 0.25) is 5.82 Å². The molecule has 178 valence electrons. The molecule has 1 N–H and O–H groups in total. The molecule has 8 heteroatoms. The zero-order valence-electron chi connectivity index (χ0n) is 20.3. The van der Waals surface area contributed by atoms with Gasteiger partial charge in [-0.25, -0.2) is 4.57 Å². The summed E-state index contributed by atoms with van der Waals surface area (Å²) in [6.45, 7) is 2.06. The van der Waals surface area contributed by atoms with Crippen LogP contribution in [0.3, 0.4) is 0 Å². The largest absolute Gasteiger partial charge is 0.343 e. The molecule has 8 nitrogen and oxygen atoms in total. The second kappa shape index (κ2) is 8.49. The highest BCUT2D eigenvalue weighted by molar-refractivity contribution is 5.96. The minimum Gasteiger partial charge on any atom is -0.343 e. The molecule has 0 fully saturated rings. The molecule has 1 unspecified atom stereocenters. The van der Waals surface area contributed by atoms with Crippen LogP contribution in [-0.2, 0) is 14.1 Å². The Morgan fingerprint density at radius 3 is 2.61 bits per heavy atom. The summed E-state index contributed by atoms with van der Waals surface area (Å²) in [6.07, 6.45) is 7.51. The molecule has 4 heterocycles. The van der Waals surface area contributed by atoms with Gasteiger partial charge in [-0.05, 0) is 36.1 Å². The maximum Gasteiger partial charge on any atom is 0.310 e. The van der Waals surface area contributed by atoms with Crippen molar-refractivity contribution < 1.29 is 4.57 Å². The molecule has 0 saturated heterocycles. The Kier molecular flexibility index (Phi) is 5.14. The van der Waals surface area contributed by atoms with E-state index in [-0.39, 0.29) is 11.6 Å². The van der Waals surface area contributed by atoms with Gasteiger partial charge >= 0.3 is 5.65 Å². The lowest BCUT2D eigenvalue weighted by Crippen LogP contribution is -2.31. The number of hydrogen-bond acceptors (Lipinski definition) is 4. The Morgan fingerprint density at radius 1 is 1.00 bits per heavy atom. The predicted molar refractivity (Wildman–Crippen MR) is 140 cm³/mol. The molecule has 4 aromatic heterocycles. The van der Waals surface area contributed by atoms with E-state index in [1.807, 2.05) is 101 Å². The van der Waals surface area contributed by atoms with Gasteiger partial charge in [-0.2, -0.15) is 5.10 Å². The Bertz CT molecular complexity index is 1780. The quantitative estimate of drug-likeness (QED) is 0.381. The summed E-state index contributed by atoms with van der Waals surface area (Å²) in [7, 11) is 3.86. The third kappa shape index (κ3) is 3.54. The van der Waals surface area contributed by atoms with Crippen LogP contribution in [0.4, 0.5) is 5.82 Å². The maximum absolute atomic E-state index is 14.2. The minimum absolute atomic E-state index is 0.0644. The minimum atomic E-state index is -0.190. The van der Waals surface area contributed by atoms with Crippen LogP contribution in [-0.4, -0.2) is 24.0 Å². The van der Waals surface area contributed by atoms with Crippen LogP contribution in [0.1, 0.15) is 18.7 Å². The summed E-state index contributed by atoms with van der Waals surface area (Å²) in [5.74, 6) is 0.844. The van der Waals surface area contributed by atoms with Crippen molar-refractivity contribution in [1.82, 2.24) is 24.0 Å². The fourth-order valence-electron chi connectivity index (χ4n) is 4.83. The summed E-state index contributed by atoms with van der Waals surface area (Å²) in [6, 6.07) is 21.6. The van der Waals surface area contributed by atoms with Crippen molar-refractivity contribution in [3.63, 3.8) is 0 Å². The third-order valence-corrected chi connectivity index (χ3v) is 6.58. The molecule has 6 aromatic rings. The number of rotatable bonds is 5. The normalized spacial score (nSPS) is 12.3. The summed E-state index contributed by atoms with van der Waals surface area (Å²) in [4.78, 5) is 14.2. The molecule has 36 heavy (non-hydrogen) atoms. The first-order chi connectivity index (χ1) is 17.5. The summed E-state index contributed by atoms with van der Waals surface area (Å²) in [5.41, 5.74) is 4.36. The van der Waals surface area contributed by atoms with E-state index in [9.17, 15) is 4.79 Å². The fourth-order valence-corrected chi connectivity index (χ4v) is 4.83. The van der Waals surface area contributed by atoms with Crippen molar-refractivity contribution in [3.05, 3.63) is 108 Å². The average Bonchev–Trinajstić information content (AvgIpc) is 3.56. The fraction of sp³-hybridized carbons (Fsp3) is 0.143. The number of anilines is 1. The van der Waals surface area contributed by atoms with Crippen LogP contribution in [0.2, 0.25) is 0 Å². The van der Waals surface area contributed by atoms with Crippen molar-refractivity contribution in [3.8, 4) is 16.8 Å². The Labute approximate surface area is 207 Å². The first-order valence-corrected chi connectivity index (χ1v) is 11.8. The molecule has 0 spiro atoms. The van der Waals surface area contributed by atoms with Crippen LogP contribution in [0.15, 0.2) is 96.3 Å². The van der Waals surface area contributed by atoms with Gasteiger partial charge in [0.15, 0.2) is 0 Å². The first kappa shape index (κ1) is 21.8. The number of pyridine rings is 1. The standard InChI is InChI=1S/C28H25N7O/c1-19(31-25-13-15-32(2)26-12-14-29-35(25)26)24-16-20-8-7-11-23(21-17-30-33(3)18-21)27(20)28(36)34(24)22-9-5-4-6-10-22/h4-19H,1-3H3/p+1. The van der Waals surface area contributed by atoms with E-state index in [2.05, 4.69) is 28.5 Å². The van der Waals surface area contributed by atoms with Crippen molar-refractivity contribution in [2.45, 2.75) is 13.0 Å². The average molecular weight is 477 g/mol. The van der Waals surface area contributed by atoms with Crippen molar-refractivity contribution in [2.24, 2.45) is 14.1 Å². The summed E-state index contributed by atoms with van der Waals surface area (Å²) >= 11 is 0. The van der Waals surface area contributed by atoms with E-state index >= 15 is 0 Å². The number of nitrogens with zero attached hydrogens (tertiary/aromatic N) is 6. The van der Waals surface area contributed by atoms with E-state index in [0.717, 1.165) is 39.4 Å². The number of hydrogen-bond donors (Lipinski definition) is 1. The van der Waals surface area contributed by atoms with E-state index in [1.165, 1.54) is 0 Å². The first-order valence-electron chi connectivity index (χ1n) is 11.8. The van der Waals surface area contributed by atoms with Crippen molar-refractivity contribution in [2.75, 3.05) is 5.32 Å². The molecule has 1 atom stereocenters. The SMILES string of the molecule is CC(Nc1cc[n+](C)c2ccnn12)c1cc2cccc(-c3cnn(C)c3)c2c(=O)n1-c1ccccc1. The lowest BCUT2D eigenvalue weighted by molar-refractivity contribution is -0.648. The van der Waals surface area contributed by atoms with Gasteiger partial charge in [0.05, 0.1) is 43.1 Å². The molecule has 6 rings (SSSR count). The number of fused-ring (bicyclic) bond motifs is 2. The van der Waals surface area contributed by atoms with Crippen LogP contribution in [0.25, 0.3) is 33.2 Å². The highest BCUT2D eigenvalue weighted by Gasteiger charge is 2.21. The predicted octanol–water partition coefficient (Wildman–Crippen LogP) is 4.04. The zero-order chi connectivity index (χ0) is 24.8.